The number of aliphatic imine (C=N–C) groups is 2. The standard InChI is InChI=1S/C28H23N4O/c1-5-21-11-12-22(33-21)17-30-24-16-28-26(14-19(24)3)31-25-13-18(2)23(29-4)15-27(25)32(28)20-9-7-6-8-10-20/h5-17H,1,4H2,2-3H3/q+1. The molecular formula is C28H23N4O+. The number of hydrogen-bond acceptors (Lipinski definition) is 4. The smallest absolute Gasteiger partial charge is 0.239 e. The van der Waals surface area contributed by atoms with Gasteiger partial charge >= 0.3 is 0 Å². The van der Waals surface area contributed by atoms with Gasteiger partial charge in [0.25, 0.3) is 0 Å². The summed E-state index contributed by atoms with van der Waals surface area (Å²) in [6.07, 6.45) is 3.40. The van der Waals surface area contributed by atoms with E-state index in [9.17, 15) is 0 Å². The van der Waals surface area contributed by atoms with Crippen LogP contribution < -0.4 is 4.57 Å². The van der Waals surface area contributed by atoms with Crippen LogP contribution in [0.15, 0.2) is 87.7 Å². The molecule has 0 radical (unpaired) electrons. The van der Waals surface area contributed by atoms with Crippen LogP contribution in [0.2, 0.25) is 0 Å². The Bertz CT molecular complexity index is 1560. The minimum Gasteiger partial charge on any atom is -0.456 e. The molecule has 3 aromatic carbocycles. The number of para-hydroxylation sites is 1. The predicted molar refractivity (Wildman–Crippen MR) is 136 cm³/mol. The van der Waals surface area contributed by atoms with Gasteiger partial charge in [0.15, 0.2) is 0 Å². The zero-order chi connectivity index (χ0) is 22.9. The second kappa shape index (κ2) is 8.28. The van der Waals surface area contributed by atoms with Crippen molar-refractivity contribution in [3.63, 3.8) is 0 Å². The first-order chi connectivity index (χ1) is 16.1. The Morgan fingerprint density at radius 1 is 0.848 bits per heavy atom. The highest BCUT2D eigenvalue weighted by Crippen LogP contribution is 2.29. The van der Waals surface area contributed by atoms with E-state index in [0.29, 0.717) is 11.5 Å². The first-order valence-corrected chi connectivity index (χ1v) is 10.7. The molecule has 5 aromatic rings. The quantitative estimate of drug-likeness (QED) is 0.179. The summed E-state index contributed by atoms with van der Waals surface area (Å²) in [6.45, 7) is 11.5. The second-order valence-corrected chi connectivity index (χ2v) is 7.90. The van der Waals surface area contributed by atoms with Crippen LogP contribution in [0.25, 0.3) is 33.8 Å². The molecule has 0 spiro atoms. The molecule has 0 atom stereocenters. The van der Waals surface area contributed by atoms with Crippen LogP contribution in [0, 0.1) is 13.8 Å². The molecule has 2 heterocycles. The Morgan fingerprint density at radius 2 is 1.48 bits per heavy atom. The van der Waals surface area contributed by atoms with Crippen molar-refractivity contribution in [2.75, 3.05) is 0 Å². The first kappa shape index (κ1) is 20.5. The van der Waals surface area contributed by atoms with Gasteiger partial charge in [-0.1, -0.05) is 24.8 Å². The Labute approximate surface area is 192 Å². The summed E-state index contributed by atoms with van der Waals surface area (Å²) in [5.41, 5.74) is 8.51. The molecule has 0 aliphatic carbocycles. The molecule has 0 bridgehead atoms. The molecule has 33 heavy (non-hydrogen) atoms. The van der Waals surface area contributed by atoms with Crippen LogP contribution in [0.5, 0.6) is 0 Å². The number of aryl methyl sites for hydroxylation is 2. The lowest BCUT2D eigenvalue weighted by molar-refractivity contribution is -0.538. The van der Waals surface area contributed by atoms with Crippen LogP contribution in [0.1, 0.15) is 22.6 Å². The fourth-order valence-corrected chi connectivity index (χ4v) is 3.98. The molecule has 0 unspecified atom stereocenters. The maximum Gasteiger partial charge on any atom is 0.239 e. The summed E-state index contributed by atoms with van der Waals surface area (Å²) in [7, 11) is 0. The van der Waals surface area contributed by atoms with Gasteiger partial charge < -0.3 is 4.42 Å². The molecule has 0 fully saturated rings. The SMILES string of the molecule is C=Cc1ccc(C=Nc2cc3c(cc2C)nc2cc(C)c(N=C)cc2[n+]3-c2ccccc2)o1. The van der Waals surface area contributed by atoms with E-state index in [1.165, 1.54) is 0 Å². The fourth-order valence-electron chi connectivity index (χ4n) is 3.98. The molecule has 2 aromatic heterocycles. The molecule has 0 saturated heterocycles. The van der Waals surface area contributed by atoms with Gasteiger partial charge in [-0.3, -0.25) is 9.98 Å². The number of hydrogen-bond donors (Lipinski definition) is 0. The zero-order valence-corrected chi connectivity index (χ0v) is 18.6. The van der Waals surface area contributed by atoms with E-state index in [-0.39, 0.29) is 0 Å². The number of benzene rings is 3. The van der Waals surface area contributed by atoms with E-state index < -0.39 is 0 Å². The van der Waals surface area contributed by atoms with Crippen molar-refractivity contribution in [2.45, 2.75) is 13.8 Å². The number of furan rings is 1. The van der Waals surface area contributed by atoms with E-state index in [1.54, 1.807) is 12.3 Å². The zero-order valence-electron chi connectivity index (χ0n) is 18.6. The molecule has 5 heteroatoms. The molecular weight excluding hydrogens is 408 g/mol. The molecule has 0 aliphatic heterocycles. The van der Waals surface area contributed by atoms with Gasteiger partial charge in [-0.2, -0.15) is 0 Å². The van der Waals surface area contributed by atoms with Gasteiger partial charge in [0, 0.05) is 24.3 Å². The fraction of sp³-hybridized carbons (Fsp3) is 0.0714. The lowest BCUT2D eigenvalue weighted by Crippen LogP contribution is -2.33. The van der Waals surface area contributed by atoms with Gasteiger partial charge in [0.05, 0.1) is 17.6 Å². The largest absolute Gasteiger partial charge is 0.456 e. The summed E-state index contributed by atoms with van der Waals surface area (Å²) in [5, 5.41) is 0. The second-order valence-electron chi connectivity index (χ2n) is 7.90. The lowest BCUT2D eigenvalue weighted by Gasteiger charge is -2.09. The van der Waals surface area contributed by atoms with E-state index in [1.807, 2.05) is 50.2 Å². The summed E-state index contributed by atoms with van der Waals surface area (Å²) in [6, 6.07) is 22.2. The molecule has 0 amide bonds. The lowest BCUT2D eigenvalue weighted by atomic mass is 10.1. The van der Waals surface area contributed by atoms with E-state index in [2.05, 4.69) is 53.2 Å². The highest BCUT2D eigenvalue weighted by Gasteiger charge is 2.22. The van der Waals surface area contributed by atoms with Crippen LogP contribution >= 0.6 is 0 Å². The third-order valence-electron chi connectivity index (χ3n) is 5.67. The highest BCUT2D eigenvalue weighted by atomic mass is 16.3. The van der Waals surface area contributed by atoms with Crippen molar-refractivity contribution in [3.05, 3.63) is 96.0 Å². The summed E-state index contributed by atoms with van der Waals surface area (Å²) in [4.78, 5) is 13.9. The highest BCUT2D eigenvalue weighted by molar-refractivity contribution is 5.88. The Morgan fingerprint density at radius 3 is 2.12 bits per heavy atom. The van der Waals surface area contributed by atoms with Crippen molar-refractivity contribution in [3.8, 4) is 5.69 Å². The maximum absolute atomic E-state index is 5.67. The topological polar surface area (TPSA) is 54.6 Å². The molecule has 160 valence electrons. The van der Waals surface area contributed by atoms with Gasteiger partial charge in [0.1, 0.15) is 22.6 Å². The minimum absolute atomic E-state index is 0.675. The summed E-state index contributed by atoms with van der Waals surface area (Å²) in [5.74, 6) is 1.39. The number of nitrogens with zero attached hydrogens (tertiary/aromatic N) is 4. The number of fused-ring (bicyclic) bond motifs is 2. The van der Waals surface area contributed by atoms with Crippen LogP contribution in [-0.2, 0) is 0 Å². The van der Waals surface area contributed by atoms with E-state index in [0.717, 1.165) is 50.3 Å². The number of rotatable bonds is 5. The van der Waals surface area contributed by atoms with Gasteiger partial charge in [0.2, 0.25) is 16.7 Å². The average Bonchev–Trinajstić information content (AvgIpc) is 3.30. The molecule has 0 saturated carbocycles. The predicted octanol–water partition coefficient (Wildman–Crippen LogP) is 6.60. The monoisotopic (exact) mass is 431 g/mol. The number of aromatic nitrogens is 2. The van der Waals surface area contributed by atoms with Crippen molar-refractivity contribution in [1.29, 1.82) is 0 Å². The average molecular weight is 432 g/mol. The Kier molecular flexibility index (Phi) is 5.15. The van der Waals surface area contributed by atoms with Crippen molar-refractivity contribution in [1.82, 2.24) is 4.98 Å². The Hall–Kier alpha value is -4.38. The maximum atomic E-state index is 5.67. The van der Waals surface area contributed by atoms with E-state index in [4.69, 9.17) is 14.4 Å². The van der Waals surface area contributed by atoms with Crippen molar-refractivity contribution in [2.24, 2.45) is 9.98 Å². The van der Waals surface area contributed by atoms with Gasteiger partial charge in [-0.25, -0.2) is 4.98 Å². The summed E-state index contributed by atoms with van der Waals surface area (Å²) < 4.78 is 7.87. The van der Waals surface area contributed by atoms with Crippen LogP contribution in [0.3, 0.4) is 0 Å². The minimum atomic E-state index is 0.675. The van der Waals surface area contributed by atoms with Crippen LogP contribution in [-0.4, -0.2) is 17.9 Å². The first-order valence-electron chi connectivity index (χ1n) is 10.7. The normalized spacial score (nSPS) is 11.5. The Balaban J connectivity index is 1.79. The van der Waals surface area contributed by atoms with Gasteiger partial charge in [-0.05, 0) is 62.0 Å². The molecule has 5 rings (SSSR count). The third-order valence-corrected chi connectivity index (χ3v) is 5.67. The molecule has 0 aliphatic rings. The third kappa shape index (κ3) is 3.74. The molecule has 5 nitrogen and oxygen atoms in total. The van der Waals surface area contributed by atoms with Crippen molar-refractivity contribution < 1.29 is 8.98 Å². The molecule has 0 N–H and O–H groups in total. The van der Waals surface area contributed by atoms with Crippen molar-refractivity contribution >= 4 is 52.4 Å². The van der Waals surface area contributed by atoms with Crippen LogP contribution in [0.4, 0.5) is 11.4 Å². The van der Waals surface area contributed by atoms with Gasteiger partial charge in [-0.15, -0.1) is 4.57 Å². The van der Waals surface area contributed by atoms with E-state index >= 15 is 0 Å². The summed E-state index contributed by atoms with van der Waals surface area (Å²) >= 11 is 0.